The maximum atomic E-state index is 13.0. The number of carbonyl (C=O) groups excluding carboxylic acids is 2. The highest BCUT2D eigenvalue weighted by atomic mass is 28.4. The molecular formula is C31H44N2O5Si. The Bertz CT molecular complexity index is 1160. The molecule has 7 nitrogen and oxygen atoms in total. The van der Waals surface area contributed by atoms with Gasteiger partial charge in [-0.1, -0.05) is 58.0 Å². The average Bonchev–Trinajstić information content (AvgIpc) is 3.71. The molecule has 1 aliphatic carbocycles. The summed E-state index contributed by atoms with van der Waals surface area (Å²) in [6.07, 6.45) is 1.71. The molecule has 3 atom stereocenters. The number of carbonyl (C=O) groups is 2. The van der Waals surface area contributed by atoms with Crippen molar-refractivity contribution >= 4 is 26.0 Å². The number of fused-ring (bicyclic) bond motifs is 1. The molecule has 39 heavy (non-hydrogen) atoms. The summed E-state index contributed by atoms with van der Waals surface area (Å²) in [7, 11) is -1.86. The zero-order valence-corrected chi connectivity index (χ0v) is 25.5. The number of amides is 2. The molecule has 2 amide bonds. The Morgan fingerprint density at radius 2 is 1.74 bits per heavy atom. The maximum absolute atomic E-state index is 13.0. The summed E-state index contributed by atoms with van der Waals surface area (Å²) in [5.74, 6) is 1.15. The Hall–Kier alpha value is -2.84. The van der Waals surface area contributed by atoms with Gasteiger partial charge in [-0.3, -0.25) is 4.79 Å². The van der Waals surface area contributed by atoms with Crippen molar-refractivity contribution in [3.8, 4) is 5.75 Å². The second-order valence-electron chi connectivity index (χ2n) is 12.4. The molecule has 0 spiro atoms. The highest BCUT2D eigenvalue weighted by Crippen LogP contribution is 2.49. The molecule has 0 unspecified atom stereocenters. The van der Waals surface area contributed by atoms with E-state index in [1.807, 2.05) is 53.4 Å². The summed E-state index contributed by atoms with van der Waals surface area (Å²) in [5, 5.41) is 3.26. The minimum Gasteiger partial charge on any atom is -0.491 e. The van der Waals surface area contributed by atoms with Gasteiger partial charge in [0.05, 0.1) is 12.6 Å². The number of anilines is 1. The molecule has 8 heteroatoms. The van der Waals surface area contributed by atoms with Crippen molar-refractivity contribution in [3.63, 3.8) is 0 Å². The van der Waals surface area contributed by atoms with Gasteiger partial charge >= 0.3 is 6.09 Å². The number of hydrogen-bond acceptors (Lipinski definition) is 5. The zero-order chi connectivity index (χ0) is 28.4. The largest absolute Gasteiger partial charge is 0.491 e. The predicted molar refractivity (Wildman–Crippen MR) is 156 cm³/mol. The van der Waals surface area contributed by atoms with Crippen molar-refractivity contribution in [2.75, 3.05) is 18.1 Å². The van der Waals surface area contributed by atoms with Crippen LogP contribution in [0.3, 0.4) is 0 Å². The lowest BCUT2D eigenvalue weighted by Gasteiger charge is -2.45. The van der Waals surface area contributed by atoms with Crippen LogP contribution in [0.2, 0.25) is 18.1 Å². The van der Waals surface area contributed by atoms with Crippen LogP contribution >= 0.6 is 0 Å². The van der Waals surface area contributed by atoms with E-state index in [0.29, 0.717) is 24.9 Å². The minimum absolute atomic E-state index is 0.00958. The average molecular weight is 553 g/mol. The van der Waals surface area contributed by atoms with Gasteiger partial charge in [0, 0.05) is 30.1 Å². The first-order valence-electron chi connectivity index (χ1n) is 14.1. The smallest absolute Gasteiger partial charge is 0.407 e. The Morgan fingerprint density at radius 1 is 1.05 bits per heavy atom. The van der Waals surface area contributed by atoms with Gasteiger partial charge in [0.1, 0.15) is 19.0 Å². The van der Waals surface area contributed by atoms with E-state index in [4.69, 9.17) is 13.9 Å². The summed E-state index contributed by atoms with van der Waals surface area (Å²) in [6, 6.07) is 15.2. The van der Waals surface area contributed by atoms with Crippen molar-refractivity contribution in [3.05, 3.63) is 59.7 Å². The van der Waals surface area contributed by atoms with Crippen molar-refractivity contribution in [2.45, 2.75) is 84.3 Å². The second-order valence-corrected chi connectivity index (χ2v) is 17.2. The number of ether oxygens (including phenoxy) is 2. The zero-order valence-electron chi connectivity index (χ0n) is 24.5. The molecule has 1 aliphatic heterocycles. The molecule has 2 aromatic carbocycles. The van der Waals surface area contributed by atoms with E-state index < -0.39 is 14.4 Å². The van der Waals surface area contributed by atoms with Gasteiger partial charge in [-0.2, -0.15) is 0 Å². The lowest BCUT2D eigenvalue weighted by molar-refractivity contribution is -0.117. The van der Waals surface area contributed by atoms with Crippen LogP contribution in [0.15, 0.2) is 48.5 Å². The monoisotopic (exact) mass is 552 g/mol. The number of alkyl carbamates (subject to hydrolysis) is 1. The van der Waals surface area contributed by atoms with Crippen LogP contribution in [-0.4, -0.2) is 39.6 Å². The molecule has 212 valence electrons. The molecule has 4 rings (SSSR count). The molecule has 1 fully saturated rings. The fourth-order valence-corrected chi connectivity index (χ4v) is 6.22. The number of nitrogens with one attached hydrogen (secondary N) is 1. The lowest BCUT2D eigenvalue weighted by Crippen LogP contribution is -2.53. The summed E-state index contributed by atoms with van der Waals surface area (Å²) in [4.78, 5) is 27.8. The van der Waals surface area contributed by atoms with Gasteiger partial charge in [-0.15, -0.1) is 0 Å². The summed E-state index contributed by atoms with van der Waals surface area (Å²) < 4.78 is 17.9. The van der Waals surface area contributed by atoms with Crippen LogP contribution in [0.4, 0.5) is 10.5 Å². The van der Waals surface area contributed by atoms with E-state index in [0.717, 1.165) is 29.7 Å². The Balaban J connectivity index is 1.52. The second kappa shape index (κ2) is 11.7. The first-order valence-corrected chi connectivity index (χ1v) is 17.0. The van der Waals surface area contributed by atoms with Crippen LogP contribution < -0.4 is 15.0 Å². The van der Waals surface area contributed by atoms with E-state index >= 15 is 0 Å². The molecule has 0 bridgehead atoms. The van der Waals surface area contributed by atoms with Crippen molar-refractivity contribution in [1.82, 2.24) is 5.32 Å². The van der Waals surface area contributed by atoms with Gasteiger partial charge < -0.3 is 24.1 Å². The molecule has 2 aromatic rings. The van der Waals surface area contributed by atoms with Crippen molar-refractivity contribution < 1.29 is 23.5 Å². The molecule has 0 radical (unpaired) electrons. The molecule has 0 saturated heterocycles. The van der Waals surface area contributed by atoms with Crippen LogP contribution in [0.5, 0.6) is 5.75 Å². The number of benzene rings is 2. The quantitative estimate of drug-likeness (QED) is 0.272. The van der Waals surface area contributed by atoms with Gasteiger partial charge in [0.25, 0.3) is 0 Å². The Labute approximate surface area is 234 Å². The van der Waals surface area contributed by atoms with E-state index in [9.17, 15) is 9.59 Å². The van der Waals surface area contributed by atoms with E-state index in [2.05, 4.69) is 46.1 Å². The predicted octanol–water partition coefficient (Wildman–Crippen LogP) is 6.84. The maximum Gasteiger partial charge on any atom is 0.407 e. The van der Waals surface area contributed by atoms with Crippen molar-refractivity contribution in [2.24, 2.45) is 11.8 Å². The number of nitrogens with zero attached hydrogens (tertiary/aromatic N) is 1. The Kier molecular flexibility index (Phi) is 8.76. The van der Waals surface area contributed by atoms with E-state index in [1.54, 1.807) is 6.92 Å². The standard InChI is InChI=1S/C31H44N2O5Si/c1-21-28(32-30(35)37-20-23-11-9-8-10-12-23)26-19-25(36-17-18-38-39(6,7)31(3,4)5)15-16-27(26)33(22(2)34)29(21)24-13-14-24/h8-12,15-16,19,21,24,28-29H,13-14,17-18,20H2,1-7H3,(H,32,35)/t21-,28-,29-/m1/s1. The van der Waals surface area contributed by atoms with Crippen LogP contribution in [-0.2, 0) is 20.6 Å². The van der Waals surface area contributed by atoms with Gasteiger partial charge in [0.15, 0.2) is 8.32 Å². The summed E-state index contributed by atoms with van der Waals surface area (Å²) in [6.45, 7) is 16.0. The van der Waals surface area contributed by atoms with Crippen LogP contribution in [0.25, 0.3) is 0 Å². The fourth-order valence-electron chi connectivity index (χ4n) is 5.20. The van der Waals surface area contributed by atoms with Gasteiger partial charge in [-0.25, -0.2) is 4.79 Å². The minimum atomic E-state index is -1.86. The number of hydrogen-bond donors (Lipinski definition) is 1. The summed E-state index contributed by atoms with van der Waals surface area (Å²) >= 11 is 0. The third-order valence-corrected chi connectivity index (χ3v) is 13.0. The first kappa shape index (κ1) is 29.1. The highest BCUT2D eigenvalue weighted by molar-refractivity contribution is 6.74. The van der Waals surface area contributed by atoms with Gasteiger partial charge in [-0.05, 0) is 60.7 Å². The third kappa shape index (κ3) is 6.84. The first-order chi connectivity index (χ1) is 18.4. The normalized spacial score (nSPS) is 21.2. The fraction of sp³-hybridized carbons (Fsp3) is 0.548. The molecule has 1 heterocycles. The topological polar surface area (TPSA) is 77.1 Å². The lowest BCUT2D eigenvalue weighted by atomic mass is 9.80. The highest BCUT2D eigenvalue weighted by Gasteiger charge is 2.48. The van der Waals surface area contributed by atoms with E-state index in [-0.39, 0.29) is 35.6 Å². The summed E-state index contributed by atoms with van der Waals surface area (Å²) in [5.41, 5.74) is 2.63. The SMILES string of the molecule is CC(=O)N1c2ccc(OCCO[Si](C)(C)C(C)(C)C)cc2[C@H](NC(=O)OCc2ccccc2)[C@@H](C)[C@@H]1C1CC1. The van der Waals surface area contributed by atoms with Crippen LogP contribution in [0.1, 0.15) is 64.6 Å². The number of rotatable bonds is 9. The van der Waals surface area contributed by atoms with E-state index in [1.165, 1.54) is 0 Å². The third-order valence-electron chi connectivity index (χ3n) is 8.51. The molecular weight excluding hydrogens is 508 g/mol. The Morgan fingerprint density at radius 3 is 2.36 bits per heavy atom. The van der Waals surface area contributed by atoms with Gasteiger partial charge in [0.2, 0.25) is 5.91 Å². The van der Waals surface area contributed by atoms with Crippen LogP contribution in [0, 0.1) is 11.8 Å². The van der Waals surface area contributed by atoms with Crippen molar-refractivity contribution in [1.29, 1.82) is 0 Å². The molecule has 0 aromatic heterocycles. The molecule has 1 N–H and O–H groups in total. The molecule has 2 aliphatic rings. The molecule has 1 saturated carbocycles.